The second kappa shape index (κ2) is 8.57. The number of rotatable bonds is 5. The zero-order chi connectivity index (χ0) is 22.0. The average molecular weight is 419 g/mol. The number of hydrogen-bond donors (Lipinski definition) is 2. The third-order valence-electron chi connectivity index (χ3n) is 5.12. The van der Waals surface area contributed by atoms with Gasteiger partial charge >= 0.3 is 0 Å². The van der Waals surface area contributed by atoms with E-state index in [9.17, 15) is 4.79 Å². The Balaban J connectivity index is 1.57. The normalized spacial score (nSPS) is 13.0. The van der Waals surface area contributed by atoms with Gasteiger partial charge in [0.1, 0.15) is 5.82 Å². The van der Waals surface area contributed by atoms with Gasteiger partial charge < -0.3 is 15.1 Å². The standard InChI is InChI=1S/C22H25N7O2/c1-14-5-7-16(21(30)27-31-4)9-19(14)29-12-17-10-24-22(26-20(17)28(3)13-29)25-18-8-6-15(2)23-11-18/h5-11H,12-13H2,1-4H3,(H,27,30)(H,24,25,26). The minimum absolute atomic E-state index is 0.279. The number of hydroxylamine groups is 1. The number of carbonyl (C=O) groups excluding carboxylic acids is 1. The van der Waals surface area contributed by atoms with Gasteiger partial charge in [0.25, 0.3) is 5.91 Å². The van der Waals surface area contributed by atoms with Crippen molar-refractivity contribution in [2.75, 3.05) is 35.9 Å². The Kier molecular flexibility index (Phi) is 5.68. The van der Waals surface area contributed by atoms with Gasteiger partial charge in [0.05, 0.1) is 25.7 Å². The van der Waals surface area contributed by atoms with Crippen LogP contribution in [0, 0.1) is 13.8 Å². The van der Waals surface area contributed by atoms with Crippen LogP contribution in [-0.2, 0) is 11.4 Å². The fourth-order valence-corrected chi connectivity index (χ4v) is 3.55. The van der Waals surface area contributed by atoms with E-state index in [0.29, 0.717) is 24.7 Å². The highest BCUT2D eigenvalue weighted by Crippen LogP contribution is 2.31. The summed E-state index contributed by atoms with van der Waals surface area (Å²) in [4.78, 5) is 34.6. The van der Waals surface area contributed by atoms with Crippen LogP contribution < -0.4 is 20.6 Å². The number of aromatic nitrogens is 3. The second-order valence-corrected chi connectivity index (χ2v) is 7.53. The van der Waals surface area contributed by atoms with Crippen molar-refractivity contribution in [3.8, 4) is 0 Å². The van der Waals surface area contributed by atoms with Crippen molar-refractivity contribution in [1.82, 2.24) is 20.4 Å². The maximum Gasteiger partial charge on any atom is 0.274 e. The third-order valence-corrected chi connectivity index (χ3v) is 5.12. The number of anilines is 4. The van der Waals surface area contributed by atoms with E-state index >= 15 is 0 Å². The van der Waals surface area contributed by atoms with Crippen molar-refractivity contribution in [2.24, 2.45) is 0 Å². The van der Waals surface area contributed by atoms with E-state index in [2.05, 4.69) is 30.6 Å². The molecule has 1 amide bonds. The van der Waals surface area contributed by atoms with E-state index in [1.54, 1.807) is 12.3 Å². The first-order valence-corrected chi connectivity index (χ1v) is 9.90. The first-order chi connectivity index (χ1) is 14.9. The number of aryl methyl sites for hydroxylation is 2. The summed E-state index contributed by atoms with van der Waals surface area (Å²) in [6, 6.07) is 9.49. The molecule has 1 aliphatic heterocycles. The quantitative estimate of drug-likeness (QED) is 0.610. The van der Waals surface area contributed by atoms with Crippen LogP contribution in [0.4, 0.5) is 23.1 Å². The minimum atomic E-state index is -0.279. The van der Waals surface area contributed by atoms with Gasteiger partial charge in [-0.05, 0) is 43.7 Å². The van der Waals surface area contributed by atoms with Gasteiger partial charge in [-0.25, -0.2) is 10.5 Å². The molecular formula is C22H25N7O2. The summed E-state index contributed by atoms with van der Waals surface area (Å²) in [6.45, 7) is 5.25. The van der Waals surface area contributed by atoms with Crippen LogP contribution in [0.3, 0.4) is 0 Å². The number of hydrogen-bond acceptors (Lipinski definition) is 8. The molecule has 0 bridgehead atoms. The Labute approximate surface area is 181 Å². The number of nitrogens with zero attached hydrogens (tertiary/aromatic N) is 5. The van der Waals surface area contributed by atoms with Crippen molar-refractivity contribution >= 4 is 29.0 Å². The molecule has 0 radical (unpaired) electrons. The van der Waals surface area contributed by atoms with Crippen LogP contribution >= 0.6 is 0 Å². The van der Waals surface area contributed by atoms with Gasteiger partial charge in [-0.1, -0.05) is 6.07 Å². The summed E-state index contributed by atoms with van der Waals surface area (Å²) >= 11 is 0. The molecule has 0 aliphatic carbocycles. The summed E-state index contributed by atoms with van der Waals surface area (Å²) in [5.74, 6) is 1.12. The Morgan fingerprint density at radius 3 is 2.71 bits per heavy atom. The van der Waals surface area contributed by atoms with Gasteiger partial charge in [-0.15, -0.1) is 0 Å². The number of benzene rings is 1. The first-order valence-electron chi connectivity index (χ1n) is 9.90. The molecule has 0 unspecified atom stereocenters. The van der Waals surface area contributed by atoms with Crippen molar-refractivity contribution in [3.63, 3.8) is 0 Å². The molecule has 31 heavy (non-hydrogen) atoms. The fourth-order valence-electron chi connectivity index (χ4n) is 3.55. The van der Waals surface area contributed by atoms with E-state index in [1.165, 1.54) is 7.11 Å². The van der Waals surface area contributed by atoms with Crippen LogP contribution in [0.15, 0.2) is 42.7 Å². The van der Waals surface area contributed by atoms with E-state index in [-0.39, 0.29) is 5.91 Å². The Morgan fingerprint density at radius 1 is 1.13 bits per heavy atom. The van der Waals surface area contributed by atoms with Gasteiger partial charge in [0, 0.05) is 42.3 Å². The predicted molar refractivity (Wildman–Crippen MR) is 119 cm³/mol. The summed E-state index contributed by atoms with van der Waals surface area (Å²) in [7, 11) is 3.41. The minimum Gasteiger partial charge on any atom is -0.349 e. The Morgan fingerprint density at radius 2 is 1.97 bits per heavy atom. The monoisotopic (exact) mass is 419 g/mol. The number of carbonyl (C=O) groups is 1. The van der Waals surface area contributed by atoms with Gasteiger partial charge in [-0.2, -0.15) is 4.98 Å². The van der Waals surface area contributed by atoms with Crippen LogP contribution in [0.5, 0.6) is 0 Å². The van der Waals surface area contributed by atoms with E-state index < -0.39 is 0 Å². The third kappa shape index (κ3) is 4.41. The number of pyridine rings is 1. The Bertz CT molecular complexity index is 1100. The summed E-state index contributed by atoms with van der Waals surface area (Å²) in [6.07, 6.45) is 3.60. The molecule has 0 fully saturated rings. The van der Waals surface area contributed by atoms with Crippen molar-refractivity contribution in [2.45, 2.75) is 20.4 Å². The van der Waals surface area contributed by atoms with Crippen molar-refractivity contribution in [3.05, 3.63) is 65.1 Å². The largest absolute Gasteiger partial charge is 0.349 e. The highest BCUT2D eigenvalue weighted by molar-refractivity contribution is 5.94. The summed E-state index contributed by atoms with van der Waals surface area (Å²) in [5, 5.41) is 3.20. The maximum atomic E-state index is 12.2. The maximum absolute atomic E-state index is 12.2. The first kappa shape index (κ1) is 20.5. The number of nitrogens with one attached hydrogen (secondary N) is 2. The van der Waals surface area contributed by atoms with Crippen LogP contribution in [0.1, 0.15) is 27.2 Å². The number of amides is 1. The molecule has 160 valence electrons. The SMILES string of the molecule is CONC(=O)c1ccc(C)c(N2Cc3cnc(Nc4ccc(C)nc4)nc3N(C)C2)c1. The lowest BCUT2D eigenvalue weighted by Crippen LogP contribution is -2.41. The molecule has 9 nitrogen and oxygen atoms in total. The lowest BCUT2D eigenvalue weighted by Gasteiger charge is -2.37. The lowest BCUT2D eigenvalue weighted by atomic mass is 10.1. The van der Waals surface area contributed by atoms with Gasteiger partial charge in [-0.3, -0.25) is 14.6 Å². The molecule has 0 spiro atoms. The van der Waals surface area contributed by atoms with Gasteiger partial charge in [0.2, 0.25) is 5.95 Å². The molecule has 1 aromatic carbocycles. The average Bonchev–Trinajstić information content (AvgIpc) is 2.76. The van der Waals surface area contributed by atoms with Crippen LogP contribution in [0.25, 0.3) is 0 Å². The Hall–Kier alpha value is -3.72. The lowest BCUT2D eigenvalue weighted by molar-refractivity contribution is 0.0537. The molecule has 9 heteroatoms. The molecule has 4 rings (SSSR count). The molecule has 3 aromatic rings. The van der Waals surface area contributed by atoms with E-state index in [0.717, 1.165) is 34.0 Å². The highest BCUT2D eigenvalue weighted by atomic mass is 16.6. The molecular weight excluding hydrogens is 394 g/mol. The molecule has 2 aromatic heterocycles. The summed E-state index contributed by atoms with van der Waals surface area (Å²) < 4.78 is 0. The smallest absolute Gasteiger partial charge is 0.274 e. The van der Waals surface area contributed by atoms with Gasteiger partial charge in [0.15, 0.2) is 0 Å². The zero-order valence-corrected chi connectivity index (χ0v) is 18.0. The molecule has 1 aliphatic rings. The predicted octanol–water partition coefficient (Wildman–Crippen LogP) is 2.94. The van der Waals surface area contributed by atoms with E-state index in [4.69, 9.17) is 9.82 Å². The van der Waals surface area contributed by atoms with E-state index in [1.807, 2.05) is 51.4 Å². The van der Waals surface area contributed by atoms with Crippen LogP contribution in [0.2, 0.25) is 0 Å². The van der Waals surface area contributed by atoms with Crippen molar-refractivity contribution < 1.29 is 9.63 Å². The second-order valence-electron chi connectivity index (χ2n) is 7.53. The summed E-state index contributed by atoms with van der Waals surface area (Å²) in [5.41, 5.74) is 7.77. The van der Waals surface area contributed by atoms with Crippen molar-refractivity contribution in [1.29, 1.82) is 0 Å². The van der Waals surface area contributed by atoms with Crippen LogP contribution in [-0.4, -0.2) is 41.7 Å². The molecule has 2 N–H and O–H groups in total. The zero-order valence-electron chi connectivity index (χ0n) is 18.0. The highest BCUT2D eigenvalue weighted by Gasteiger charge is 2.24. The molecule has 0 saturated heterocycles. The topological polar surface area (TPSA) is 95.5 Å². The molecule has 0 atom stereocenters. The molecule has 0 saturated carbocycles. The fraction of sp³-hybridized carbons (Fsp3) is 0.273. The molecule has 3 heterocycles. The number of fused-ring (bicyclic) bond motifs is 1.